The Morgan fingerprint density at radius 2 is 1.59 bits per heavy atom. The summed E-state index contributed by atoms with van der Waals surface area (Å²) < 4.78 is 10.6. The molecule has 0 spiro atoms. The first-order valence-corrected chi connectivity index (χ1v) is 10.0. The van der Waals surface area contributed by atoms with E-state index in [2.05, 4.69) is 4.99 Å². The molecular weight excluding hydrogens is 398 g/mol. The lowest BCUT2D eigenvalue weighted by Crippen LogP contribution is -2.39. The first-order valence-electron chi connectivity index (χ1n) is 8.81. The van der Waals surface area contributed by atoms with Crippen molar-refractivity contribution in [2.75, 3.05) is 6.26 Å². The standard InChI is InChI=1S/C19H27N3O6S/c1-18(2,3)27-16(23)20-15(29-7)21(17(24)28-19(4,5)6)12-13-8-10-14(11-9-13)22(25)26/h8-11H,12H2,1-7H3/b20-15-. The SMILES string of the molecule is CS/C(=N\C(=O)OC(C)(C)C)N(Cc1ccc([N+](=O)[O-])cc1)C(=O)OC(C)(C)C. The second-order valence-electron chi connectivity index (χ2n) is 8.07. The monoisotopic (exact) mass is 425 g/mol. The summed E-state index contributed by atoms with van der Waals surface area (Å²) in [6, 6.07) is 5.74. The number of non-ortho nitro benzene ring substituents is 1. The normalized spacial score (nSPS) is 12.3. The van der Waals surface area contributed by atoms with E-state index in [4.69, 9.17) is 9.47 Å². The maximum Gasteiger partial charge on any atom is 0.436 e. The zero-order valence-electron chi connectivity index (χ0n) is 17.7. The molecule has 0 aliphatic rings. The van der Waals surface area contributed by atoms with Crippen molar-refractivity contribution in [2.24, 2.45) is 4.99 Å². The number of ether oxygens (including phenoxy) is 2. The average molecular weight is 426 g/mol. The van der Waals surface area contributed by atoms with Crippen molar-refractivity contribution in [3.05, 3.63) is 39.9 Å². The summed E-state index contributed by atoms with van der Waals surface area (Å²) in [5, 5.41) is 10.9. The highest BCUT2D eigenvalue weighted by molar-refractivity contribution is 8.13. The molecular formula is C19H27N3O6S. The van der Waals surface area contributed by atoms with Gasteiger partial charge in [-0.15, -0.1) is 0 Å². The predicted molar refractivity (Wildman–Crippen MR) is 112 cm³/mol. The quantitative estimate of drug-likeness (QED) is 0.290. The number of thioether (sulfide) groups is 1. The minimum atomic E-state index is -0.834. The Balaban J connectivity index is 3.22. The Labute approximate surface area is 174 Å². The van der Waals surface area contributed by atoms with Crippen molar-refractivity contribution in [2.45, 2.75) is 59.3 Å². The van der Waals surface area contributed by atoms with Gasteiger partial charge in [0, 0.05) is 12.1 Å². The largest absolute Gasteiger partial charge is 0.443 e. The molecule has 0 aromatic heterocycles. The van der Waals surface area contributed by atoms with Crippen LogP contribution in [0, 0.1) is 10.1 Å². The molecule has 0 saturated carbocycles. The Bertz CT molecular complexity index is 779. The van der Waals surface area contributed by atoms with Crippen LogP contribution in [0.3, 0.4) is 0 Å². The van der Waals surface area contributed by atoms with Gasteiger partial charge in [0.1, 0.15) is 11.2 Å². The van der Waals surface area contributed by atoms with E-state index in [0.29, 0.717) is 5.56 Å². The predicted octanol–water partition coefficient (Wildman–Crippen LogP) is 4.99. The third kappa shape index (κ3) is 8.95. The van der Waals surface area contributed by atoms with E-state index >= 15 is 0 Å². The number of amides is 2. The Morgan fingerprint density at radius 3 is 2.00 bits per heavy atom. The summed E-state index contributed by atoms with van der Waals surface area (Å²) >= 11 is 1.08. The van der Waals surface area contributed by atoms with E-state index in [-0.39, 0.29) is 17.4 Å². The Hall–Kier alpha value is -2.62. The van der Waals surface area contributed by atoms with Gasteiger partial charge in [-0.2, -0.15) is 4.99 Å². The lowest BCUT2D eigenvalue weighted by molar-refractivity contribution is -0.384. The van der Waals surface area contributed by atoms with Crippen LogP contribution in [0.25, 0.3) is 0 Å². The Kier molecular flexibility index (Phi) is 8.19. The molecule has 0 N–H and O–H groups in total. The smallest absolute Gasteiger partial charge is 0.436 e. The maximum atomic E-state index is 12.8. The van der Waals surface area contributed by atoms with Crippen molar-refractivity contribution in [3.8, 4) is 0 Å². The first-order chi connectivity index (χ1) is 13.2. The fraction of sp³-hybridized carbons (Fsp3) is 0.526. The van der Waals surface area contributed by atoms with Crippen LogP contribution in [-0.4, -0.2) is 44.6 Å². The van der Waals surface area contributed by atoms with Gasteiger partial charge in [-0.3, -0.25) is 15.0 Å². The van der Waals surface area contributed by atoms with Crippen molar-refractivity contribution >= 4 is 34.8 Å². The average Bonchev–Trinajstić information content (AvgIpc) is 2.55. The molecule has 10 heteroatoms. The molecule has 0 aliphatic heterocycles. The molecule has 2 amide bonds. The summed E-state index contributed by atoms with van der Waals surface area (Å²) in [6.45, 7) is 10.3. The van der Waals surface area contributed by atoms with Crippen LogP contribution in [-0.2, 0) is 16.0 Å². The van der Waals surface area contributed by atoms with Crippen LogP contribution in [0.1, 0.15) is 47.1 Å². The lowest BCUT2D eigenvalue weighted by atomic mass is 10.2. The van der Waals surface area contributed by atoms with E-state index in [9.17, 15) is 19.7 Å². The van der Waals surface area contributed by atoms with Gasteiger partial charge in [0.05, 0.1) is 11.5 Å². The first kappa shape index (κ1) is 24.4. The van der Waals surface area contributed by atoms with Crippen molar-refractivity contribution < 1.29 is 24.0 Å². The van der Waals surface area contributed by atoms with Crippen LogP contribution in [0.15, 0.2) is 29.3 Å². The molecule has 0 atom stereocenters. The number of aliphatic imine (C=N–C) groups is 1. The highest BCUT2D eigenvalue weighted by Gasteiger charge is 2.27. The Morgan fingerprint density at radius 1 is 1.07 bits per heavy atom. The van der Waals surface area contributed by atoms with E-state index in [1.807, 2.05) is 0 Å². The van der Waals surface area contributed by atoms with Crippen LogP contribution in [0.2, 0.25) is 0 Å². The molecule has 0 fully saturated rings. The van der Waals surface area contributed by atoms with Gasteiger partial charge >= 0.3 is 12.2 Å². The molecule has 0 aliphatic carbocycles. The van der Waals surface area contributed by atoms with E-state index in [1.54, 1.807) is 47.8 Å². The summed E-state index contributed by atoms with van der Waals surface area (Å²) in [5.74, 6) is 0. The highest BCUT2D eigenvalue weighted by atomic mass is 32.2. The number of carbonyl (C=O) groups excluding carboxylic acids is 2. The number of hydrogen-bond donors (Lipinski definition) is 0. The van der Waals surface area contributed by atoms with Gasteiger partial charge in [-0.05, 0) is 53.4 Å². The minimum absolute atomic E-state index is 0.00930. The second-order valence-corrected chi connectivity index (χ2v) is 8.84. The van der Waals surface area contributed by atoms with E-state index < -0.39 is 28.3 Å². The number of carbonyl (C=O) groups is 2. The topological polar surface area (TPSA) is 111 Å². The fourth-order valence-corrected chi connectivity index (χ4v) is 2.54. The number of amidine groups is 1. The molecule has 0 bridgehead atoms. The van der Waals surface area contributed by atoms with Gasteiger partial charge in [-0.25, -0.2) is 9.59 Å². The summed E-state index contributed by atoms with van der Waals surface area (Å²) in [7, 11) is 0. The molecule has 0 saturated heterocycles. The molecule has 1 aromatic carbocycles. The molecule has 0 heterocycles. The minimum Gasteiger partial charge on any atom is -0.443 e. The van der Waals surface area contributed by atoms with Crippen LogP contribution in [0.4, 0.5) is 15.3 Å². The fourth-order valence-electron chi connectivity index (χ4n) is 2.01. The third-order valence-electron chi connectivity index (χ3n) is 3.10. The van der Waals surface area contributed by atoms with Crippen molar-refractivity contribution in [1.82, 2.24) is 4.90 Å². The number of nitrogens with zero attached hydrogens (tertiary/aromatic N) is 3. The summed E-state index contributed by atoms with van der Waals surface area (Å²) in [4.78, 5) is 40.3. The van der Waals surface area contributed by atoms with Crippen LogP contribution >= 0.6 is 11.8 Å². The van der Waals surface area contributed by atoms with Crippen LogP contribution < -0.4 is 0 Å². The van der Waals surface area contributed by atoms with Crippen molar-refractivity contribution in [3.63, 3.8) is 0 Å². The molecule has 1 aromatic rings. The van der Waals surface area contributed by atoms with Gasteiger partial charge in [0.15, 0.2) is 5.17 Å². The number of hydrogen-bond acceptors (Lipinski definition) is 7. The lowest BCUT2D eigenvalue weighted by Gasteiger charge is -2.27. The summed E-state index contributed by atoms with van der Waals surface area (Å²) in [5.41, 5.74) is -0.961. The molecule has 0 radical (unpaired) electrons. The van der Waals surface area contributed by atoms with E-state index in [0.717, 1.165) is 11.8 Å². The zero-order valence-corrected chi connectivity index (χ0v) is 18.5. The number of nitro benzene ring substituents is 1. The van der Waals surface area contributed by atoms with Gasteiger partial charge in [0.25, 0.3) is 5.69 Å². The molecule has 29 heavy (non-hydrogen) atoms. The van der Waals surface area contributed by atoms with Gasteiger partial charge in [-0.1, -0.05) is 23.9 Å². The van der Waals surface area contributed by atoms with E-state index in [1.165, 1.54) is 29.2 Å². The number of rotatable bonds is 3. The number of benzene rings is 1. The highest BCUT2D eigenvalue weighted by Crippen LogP contribution is 2.20. The summed E-state index contributed by atoms with van der Waals surface area (Å²) in [6.07, 6.45) is 0.128. The van der Waals surface area contributed by atoms with Gasteiger partial charge in [0.2, 0.25) is 0 Å². The second kappa shape index (κ2) is 9.73. The van der Waals surface area contributed by atoms with Crippen LogP contribution in [0.5, 0.6) is 0 Å². The maximum absolute atomic E-state index is 12.8. The van der Waals surface area contributed by atoms with Gasteiger partial charge < -0.3 is 9.47 Å². The van der Waals surface area contributed by atoms with Crippen molar-refractivity contribution in [1.29, 1.82) is 0 Å². The molecule has 9 nitrogen and oxygen atoms in total. The molecule has 160 valence electrons. The molecule has 1 rings (SSSR count). The third-order valence-corrected chi connectivity index (χ3v) is 3.77. The zero-order chi connectivity index (χ0) is 22.4. The molecule has 0 unspecified atom stereocenters. The number of nitro groups is 1.